The van der Waals surface area contributed by atoms with Crippen LogP contribution in [0.5, 0.6) is 0 Å². The zero-order valence-corrected chi connectivity index (χ0v) is 12.5. The first-order chi connectivity index (χ1) is 9.71. The second kappa shape index (κ2) is 5.64. The molecule has 0 aliphatic heterocycles. The van der Waals surface area contributed by atoms with Crippen LogP contribution in [0.4, 0.5) is 13.2 Å². The topological polar surface area (TPSA) is 25.8 Å². The lowest BCUT2D eigenvalue weighted by atomic mass is 10.0. The Bertz CT molecular complexity index is 666. The molecule has 0 saturated heterocycles. The van der Waals surface area contributed by atoms with Crippen molar-refractivity contribution >= 4 is 11.6 Å². The Morgan fingerprint density at radius 1 is 1.10 bits per heavy atom. The first-order valence-electron chi connectivity index (χ1n) is 6.42. The SMILES string of the molecule is Cc1c(Cl)nc(C(C)C)nc1-c1ccccc1C(F)(F)F. The molecule has 2 nitrogen and oxygen atoms in total. The van der Waals surface area contributed by atoms with Crippen molar-refractivity contribution in [1.29, 1.82) is 0 Å². The first-order valence-corrected chi connectivity index (χ1v) is 6.80. The number of aromatic nitrogens is 2. The van der Waals surface area contributed by atoms with Gasteiger partial charge in [-0.3, -0.25) is 0 Å². The number of benzene rings is 1. The van der Waals surface area contributed by atoms with E-state index in [1.807, 2.05) is 13.8 Å². The van der Waals surface area contributed by atoms with Gasteiger partial charge in [-0.2, -0.15) is 13.2 Å². The summed E-state index contributed by atoms with van der Waals surface area (Å²) in [7, 11) is 0. The second-order valence-corrected chi connectivity index (χ2v) is 5.40. The molecule has 0 amide bonds. The van der Waals surface area contributed by atoms with Crippen molar-refractivity contribution in [2.24, 2.45) is 0 Å². The minimum absolute atomic E-state index is 0.0219. The molecular formula is C15H14ClF3N2. The van der Waals surface area contributed by atoms with Gasteiger partial charge in [0.15, 0.2) is 0 Å². The minimum atomic E-state index is -4.45. The first kappa shape index (κ1) is 15.8. The summed E-state index contributed by atoms with van der Waals surface area (Å²) in [4.78, 5) is 8.40. The summed E-state index contributed by atoms with van der Waals surface area (Å²) in [5.74, 6) is 0.400. The lowest BCUT2D eigenvalue weighted by Crippen LogP contribution is -2.09. The number of nitrogens with zero attached hydrogens (tertiary/aromatic N) is 2. The zero-order chi connectivity index (χ0) is 15.8. The Labute approximate surface area is 126 Å². The summed E-state index contributed by atoms with van der Waals surface area (Å²) < 4.78 is 39.4. The Balaban J connectivity index is 2.73. The number of halogens is 4. The predicted molar refractivity (Wildman–Crippen MR) is 76.3 cm³/mol. The van der Waals surface area contributed by atoms with E-state index >= 15 is 0 Å². The summed E-state index contributed by atoms with van der Waals surface area (Å²) in [6, 6.07) is 5.35. The van der Waals surface area contributed by atoms with E-state index in [9.17, 15) is 13.2 Å². The highest BCUT2D eigenvalue weighted by atomic mass is 35.5. The van der Waals surface area contributed by atoms with E-state index in [2.05, 4.69) is 9.97 Å². The fourth-order valence-electron chi connectivity index (χ4n) is 1.96. The predicted octanol–water partition coefficient (Wildman–Crippen LogP) is 5.25. The van der Waals surface area contributed by atoms with Gasteiger partial charge in [0.05, 0.1) is 11.3 Å². The van der Waals surface area contributed by atoms with Gasteiger partial charge in [-0.05, 0) is 13.0 Å². The van der Waals surface area contributed by atoms with Gasteiger partial charge in [-0.25, -0.2) is 9.97 Å². The molecular weight excluding hydrogens is 301 g/mol. The van der Waals surface area contributed by atoms with Gasteiger partial charge < -0.3 is 0 Å². The summed E-state index contributed by atoms with van der Waals surface area (Å²) in [6.45, 7) is 5.34. The Morgan fingerprint density at radius 3 is 2.29 bits per heavy atom. The Morgan fingerprint density at radius 2 is 1.71 bits per heavy atom. The maximum absolute atomic E-state index is 13.1. The lowest BCUT2D eigenvalue weighted by molar-refractivity contribution is -0.137. The molecule has 112 valence electrons. The third-order valence-corrected chi connectivity index (χ3v) is 3.48. The Hall–Kier alpha value is -1.62. The van der Waals surface area contributed by atoms with E-state index in [-0.39, 0.29) is 22.3 Å². The molecule has 0 radical (unpaired) electrons. The van der Waals surface area contributed by atoms with E-state index in [4.69, 9.17) is 11.6 Å². The molecule has 1 heterocycles. The molecule has 0 fully saturated rings. The standard InChI is InChI=1S/C15H14ClF3N2/c1-8(2)14-20-12(9(3)13(16)21-14)10-6-4-5-7-11(10)15(17,18)19/h4-8H,1-3H3. The van der Waals surface area contributed by atoms with Crippen molar-refractivity contribution in [1.82, 2.24) is 9.97 Å². The van der Waals surface area contributed by atoms with E-state index in [1.165, 1.54) is 12.1 Å². The third kappa shape index (κ3) is 3.18. The van der Waals surface area contributed by atoms with Crippen LogP contribution in [0.15, 0.2) is 24.3 Å². The number of hydrogen-bond acceptors (Lipinski definition) is 2. The summed E-state index contributed by atoms with van der Waals surface area (Å²) in [5, 5.41) is 0.181. The van der Waals surface area contributed by atoms with Crippen LogP contribution in [0.25, 0.3) is 11.3 Å². The summed E-state index contributed by atoms with van der Waals surface area (Å²) in [5.41, 5.74) is -0.0318. The molecule has 2 rings (SSSR count). The molecule has 6 heteroatoms. The van der Waals surface area contributed by atoms with Crippen molar-refractivity contribution in [3.05, 3.63) is 46.4 Å². The monoisotopic (exact) mass is 314 g/mol. The lowest BCUT2D eigenvalue weighted by Gasteiger charge is -2.16. The smallest absolute Gasteiger partial charge is 0.232 e. The summed E-state index contributed by atoms with van der Waals surface area (Å²) >= 11 is 6.05. The van der Waals surface area contributed by atoms with Crippen LogP contribution in [-0.2, 0) is 6.18 Å². The molecule has 1 aromatic carbocycles. The molecule has 0 saturated carbocycles. The van der Waals surface area contributed by atoms with Crippen LogP contribution >= 0.6 is 11.6 Å². The van der Waals surface area contributed by atoms with Gasteiger partial charge in [-0.15, -0.1) is 0 Å². The van der Waals surface area contributed by atoms with Crippen molar-refractivity contribution < 1.29 is 13.2 Å². The van der Waals surface area contributed by atoms with Crippen molar-refractivity contribution in [2.75, 3.05) is 0 Å². The average molecular weight is 315 g/mol. The molecule has 1 aromatic heterocycles. The highest BCUT2D eigenvalue weighted by molar-refractivity contribution is 6.30. The van der Waals surface area contributed by atoms with Gasteiger partial charge in [0, 0.05) is 17.0 Å². The Kier molecular flexibility index (Phi) is 4.23. The van der Waals surface area contributed by atoms with Crippen molar-refractivity contribution in [2.45, 2.75) is 32.9 Å². The van der Waals surface area contributed by atoms with E-state index in [1.54, 1.807) is 13.0 Å². The molecule has 2 aromatic rings. The molecule has 0 bridgehead atoms. The number of hydrogen-bond donors (Lipinski definition) is 0. The zero-order valence-electron chi connectivity index (χ0n) is 11.8. The summed E-state index contributed by atoms with van der Waals surface area (Å²) in [6.07, 6.45) is -4.45. The van der Waals surface area contributed by atoms with Crippen LogP contribution in [0.3, 0.4) is 0 Å². The van der Waals surface area contributed by atoms with E-state index in [0.29, 0.717) is 11.4 Å². The molecule has 0 spiro atoms. The highest BCUT2D eigenvalue weighted by Gasteiger charge is 2.34. The third-order valence-electron chi connectivity index (χ3n) is 3.11. The van der Waals surface area contributed by atoms with E-state index < -0.39 is 11.7 Å². The van der Waals surface area contributed by atoms with Gasteiger partial charge in [0.2, 0.25) is 0 Å². The molecule has 21 heavy (non-hydrogen) atoms. The molecule has 0 atom stereocenters. The number of alkyl halides is 3. The van der Waals surface area contributed by atoms with Crippen LogP contribution in [-0.4, -0.2) is 9.97 Å². The van der Waals surface area contributed by atoms with Crippen LogP contribution in [0.1, 0.15) is 36.7 Å². The van der Waals surface area contributed by atoms with Gasteiger partial charge in [0.1, 0.15) is 11.0 Å². The molecule has 0 unspecified atom stereocenters. The van der Waals surface area contributed by atoms with Gasteiger partial charge in [-0.1, -0.05) is 43.6 Å². The largest absolute Gasteiger partial charge is 0.417 e. The number of rotatable bonds is 2. The maximum atomic E-state index is 13.1. The molecule has 0 aliphatic carbocycles. The second-order valence-electron chi connectivity index (χ2n) is 5.04. The van der Waals surface area contributed by atoms with Crippen LogP contribution in [0.2, 0.25) is 5.15 Å². The van der Waals surface area contributed by atoms with E-state index in [0.717, 1.165) is 6.07 Å². The molecule has 0 N–H and O–H groups in total. The maximum Gasteiger partial charge on any atom is 0.417 e. The van der Waals surface area contributed by atoms with Crippen LogP contribution in [0, 0.1) is 6.92 Å². The van der Waals surface area contributed by atoms with Crippen molar-refractivity contribution in [3.63, 3.8) is 0 Å². The van der Waals surface area contributed by atoms with Crippen molar-refractivity contribution in [3.8, 4) is 11.3 Å². The normalized spacial score (nSPS) is 12.0. The minimum Gasteiger partial charge on any atom is -0.232 e. The fraction of sp³-hybridized carbons (Fsp3) is 0.333. The highest BCUT2D eigenvalue weighted by Crippen LogP contribution is 2.38. The van der Waals surface area contributed by atoms with Crippen LogP contribution < -0.4 is 0 Å². The average Bonchev–Trinajstić information content (AvgIpc) is 2.40. The fourth-order valence-corrected chi connectivity index (χ4v) is 2.14. The molecule has 0 aliphatic rings. The quantitative estimate of drug-likeness (QED) is 0.708. The van der Waals surface area contributed by atoms with Gasteiger partial charge >= 0.3 is 6.18 Å². The van der Waals surface area contributed by atoms with Gasteiger partial charge in [0.25, 0.3) is 0 Å².